The zero-order valence-corrected chi connectivity index (χ0v) is 14.2. The molecular weight excluding hydrogens is 251 g/mol. The van der Waals surface area contributed by atoms with E-state index in [4.69, 9.17) is 0 Å². The molecule has 0 bridgehead atoms. The van der Waals surface area contributed by atoms with Crippen LogP contribution in [0.5, 0.6) is 0 Å². The second-order valence-electron chi connectivity index (χ2n) is 6.60. The Morgan fingerprint density at radius 1 is 1.00 bits per heavy atom. The minimum atomic E-state index is -0.000671. The Morgan fingerprint density at radius 2 is 1.47 bits per heavy atom. The van der Waals surface area contributed by atoms with Crippen molar-refractivity contribution in [2.75, 3.05) is 5.09 Å². The molecule has 0 aliphatic carbocycles. The highest BCUT2D eigenvalue weighted by Gasteiger charge is 2.13. The Kier molecular flexibility index (Phi) is 5.55. The van der Waals surface area contributed by atoms with Crippen LogP contribution in [0.2, 0.25) is 0 Å². The average molecular weight is 278 g/mol. The van der Waals surface area contributed by atoms with Crippen molar-refractivity contribution in [2.45, 2.75) is 65.8 Å². The van der Waals surface area contributed by atoms with E-state index in [2.05, 4.69) is 76.5 Å². The quantitative estimate of drug-likeness (QED) is 0.652. The Hall–Kier alpha value is -0.880. The lowest BCUT2D eigenvalue weighted by Gasteiger charge is -2.19. The first kappa shape index (κ1) is 16.2. The number of benzene rings is 1. The highest BCUT2D eigenvalue weighted by atomic mass is 31.1. The van der Waals surface area contributed by atoms with Gasteiger partial charge in [0, 0.05) is 5.69 Å². The van der Waals surface area contributed by atoms with Gasteiger partial charge in [-0.2, -0.15) is 0 Å². The second kappa shape index (κ2) is 6.52. The number of hydrogen-bond donors (Lipinski definition) is 1. The van der Waals surface area contributed by atoms with Gasteiger partial charge in [-0.3, -0.25) is 0 Å². The lowest BCUT2D eigenvalue weighted by atomic mass is 9.93. The summed E-state index contributed by atoms with van der Waals surface area (Å²) in [6.07, 6.45) is 0. The van der Waals surface area contributed by atoms with Crippen LogP contribution >= 0.6 is 8.52 Å². The van der Waals surface area contributed by atoms with E-state index in [1.807, 2.05) is 0 Å². The van der Waals surface area contributed by atoms with Gasteiger partial charge in [0.2, 0.25) is 0 Å². The Balaban J connectivity index is 3.11. The first-order valence-electron chi connectivity index (χ1n) is 7.03. The maximum Gasteiger partial charge on any atom is 0.125 e. The first-order valence-corrected chi connectivity index (χ1v) is 7.88. The third kappa shape index (κ3) is 4.95. The highest BCUT2D eigenvalue weighted by Crippen LogP contribution is 2.34. The number of hydrogen-bond acceptors (Lipinski definition) is 1. The molecule has 3 heteroatoms. The van der Waals surface area contributed by atoms with Crippen LogP contribution in [-0.2, 0) is 0 Å². The molecule has 19 heavy (non-hydrogen) atoms. The maximum absolute atomic E-state index is 4.61. The summed E-state index contributed by atoms with van der Waals surface area (Å²) in [6.45, 7) is 15.3. The van der Waals surface area contributed by atoms with E-state index in [0.29, 0.717) is 11.8 Å². The summed E-state index contributed by atoms with van der Waals surface area (Å²) in [5.74, 6) is 1.04. The van der Waals surface area contributed by atoms with Crippen molar-refractivity contribution < 1.29 is 0 Å². The molecule has 0 radical (unpaired) electrons. The summed E-state index contributed by atoms with van der Waals surface area (Å²) in [4.78, 5) is 0. The molecule has 1 aromatic carbocycles. The number of nitrogens with one attached hydrogen (secondary N) is 1. The molecule has 2 nitrogen and oxygen atoms in total. The Bertz CT molecular complexity index is 416. The highest BCUT2D eigenvalue weighted by molar-refractivity contribution is 7.28. The minimum Gasteiger partial charge on any atom is -0.322 e. The van der Waals surface area contributed by atoms with E-state index in [1.54, 1.807) is 0 Å². The van der Waals surface area contributed by atoms with Crippen LogP contribution in [0.4, 0.5) is 5.69 Å². The van der Waals surface area contributed by atoms with E-state index in [-0.39, 0.29) is 5.54 Å². The molecule has 1 N–H and O–H groups in total. The molecule has 0 aliphatic heterocycles. The van der Waals surface area contributed by atoms with Crippen molar-refractivity contribution in [1.29, 1.82) is 0 Å². The van der Waals surface area contributed by atoms with Crippen molar-refractivity contribution in [3.8, 4) is 0 Å². The molecule has 0 unspecified atom stereocenters. The van der Waals surface area contributed by atoms with E-state index >= 15 is 0 Å². The van der Waals surface area contributed by atoms with Gasteiger partial charge in [-0.15, -0.1) is 0 Å². The van der Waals surface area contributed by atoms with Gasteiger partial charge in [-0.1, -0.05) is 45.9 Å². The molecule has 1 aromatic rings. The van der Waals surface area contributed by atoms with Crippen molar-refractivity contribution in [3.05, 3.63) is 29.3 Å². The van der Waals surface area contributed by atoms with Gasteiger partial charge in [-0.05, 0) is 43.7 Å². The van der Waals surface area contributed by atoms with Crippen LogP contribution in [0.25, 0.3) is 0 Å². The first-order chi connectivity index (χ1) is 8.72. The zero-order chi connectivity index (χ0) is 14.6. The van der Waals surface area contributed by atoms with Crippen molar-refractivity contribution in [3.63, 3.8) is 0 Å². The second-order valence-corrected chi connectivity index (χ2v) is 7.23. The van der Waals surface area contributed by atoms with Gasteiger partial charge in [0.15, 0.2) is 0 Å². The summed E-state index contributed by atoms with van der Waals surface area (Å²) < 4.78 is 4.61. The smallest absolute Gasteiger partial charge is 0.125 e. The fraction of sp³-hybridized carbons (Fsp3) is 0.625. The normalized spacial score (nSPS) is 12.7. The van der Waals surface area contributed by atoms with Gasteiger partial charge in [0.1, 0.15) is 8.52 Å². The molecular formula is C16H27N2P. The standard InChI is InChI=1S/C16H27N2P/c1-11(2)13-9-8-10-14(12(3)4)15(13)17-19-18-16(5,6)7/h8-12H,1-7H3,(H,17,18). The predicted octanol–water partition coefficient (Wildman–Crippen LogP) is 6.19. The molecule has 0 spiro atoms. The maximum atomic E-state index is 4.61. The largest absolute Gasteiger partial charge is 0.322 e. The number of nitrogens with zero attached hydrogens (tertiary/aromatic N) is 1. The summed E-state index contributed by atoms with van der Waals surface area (Å²) >= 11 is 0. The van der Waals surface area contributed by atoms with E-state index in [0.717, 1.165) is 8.52 Å². The van der Waals surface area contributed by atoms with Gasteiger partial charge >= 0.3 is 0 Å². The summed E-state index contributed by atoms with van der Waals surface area (Å²) in [5.41, 5.74) is 4.02. The van der Waals surface area contributed by atoms with Crippen LogP contribution in [0, 0.1) is 0 Å². The molecule has 0 aromatic heterocycles. The lowest BCUT2D eigenvalue weighted by Crippen LogP contribution is -2.07. The van der Waals surface area contributed by atoms with Crippen molar-refractivity contribution in [1.82, 2.24) is 0 Å². The number of anilines is 1. The summed E-state index contributed by atoms with van der Waals surface area (Å²) in [6, 6.07) is 6.59. The van der Waals surface area contributed by atoms with Crippen LogP contribution in [-0.4, -0.2) is 5.54 Å². The fourth-order valence-electron chi connectivity index (χ4n) is 1.91. The third-order valence-corrected chi connectivity index (χ3v) is 3.91. The topological polar surface area (TPSA) is 24.4 Å². The SMILES string of the molecule is CC(C)c1cccc(C(C)C)c1NP=NC(C)(C)C. The third-order valence-electron chi connectivity index (χ3n) is 2.88. The van der Waals surface area contributed by atoms with E-state index < -0.39 is 0 Å². The van der Waals surface area contributed by atoms with Gasteiger partial charge in [-0.25, -0.2) is 4.74 Å². The monoisotopic (exact) mass is 278 g/mol. The van der Waals surface area contributed by atoms with E-state index in [1.165, 1.54) is 16.8 Å². The van der Waals surface area contributed by atoms with Gasteiger partial charge in [0.25, 0.3) is 0 Å². The number of para-hydroxylation sites is 1. The lowest BCUT2D eigenvalue weighted by molar-refractivity contribution is 0.593. The molecule has 0 saturated carbocycles. The van der Waals surface area contributed by atoms with E-state index in [9.17, 15) is 0 Å². The molecule has 1 rings (SSSR count). The van der Waals surface area contributed by atoms with Crippen molar-refractivity contribution >= 4 is 14.2 Å². The van der Waals surface area contributed by atoms with Crippen molar-refractivity contribution in [2.24, 2.45) is 4.74 Å². The van der Waals surface area contributed by atoms with Crippen LogP contribution < -0.4 is 5.09 Å². The van der Waals surface area contributed by atoms with Crippen LogP contribution in [0.1, 0.15) is 71.4 Å². The Labute approximate surface area is 120 Å². The van der Waals surface area contributed by atoms with Crippen LogP contribution in [0.15, 0.2) is 22.9 Å². The Morgan fingerprint density at radius 3 is 1.84 bits per heavy atom. The molecule has 0 fully saturated rings. The van der Waals surface area contributed by atoms with Gasteiger partial charge in [0.05, 0.1) is 5.54 Å². The average Bonchev–Trinajstić information content (AvgIpc) is 2.26. The molecule has 0 aliphatic rings. The summed E-state index contributed by atoms with van der Waals surface area (Å²) in [5, 5.41) is 3.51. The predicted molar refractivity (Wildman–Crippen MR) is 87.3 cm³/mol. The minimum absolute atomic E-state index is 0.000671. The fourth-order valence-corrected chi connectivity index (χ4v) is 2.61. The molecule has 0 atom stereocenters. The molecule has 0 saturated heterocycles. The zero-order valence-electron chi connectivity index (χ0n) is 13.3. The van der Waals surface area contributed by atoms with Crippen LogP contribution in [0.3, 0.4) is 0 Å². The summed E-state index contributed by atoms with van der Waals surface area (Å²) in [7, 11) is 0.933. The van der Waals surface area contributed by atoms with Gasteiger partial charge < -0.3 is 5.09 Å². The molecule has 0 amide bonds. The molecule has 106 valence electrons. The molecule has 0 heterocycles. The number of rotatable bonds is 4.